The van der Waals surface area contributed by atoms with Crippen molar-refractivity contribution in [2.45, 2.75) is 6.42 Å². The normalized spacial score (nSPS) is 19.3. The van der Waals surface area contributed by atoms with Gasteiger partial charge in [-0.1, -0.05) is 45.7 Å². The molecular formula is C15H17BrClN5. The summed E-state index contributed by atoms with van der Waals surface area (Å²) < 4.78 is 1.05. The van der Waals surface area contributed by atoms with Crippen LogP contribution in [-0.2, 0) is 0 Å². The molecule has 1 aromatic carbocycles. The molecule has 0 aliphatic carbocycles. The van der Waals surface area contributed by atoms with Gasteiger partial charge in [-0.3, -0.25) is 4.99 Å². The number of nitrogens with zero attached hydrogens (tertiary/aromatic N) is 2. The van der Waals surface area contributed by atoms with E-state index in [0.717, 1.165) is 40.4 Å². The van der Waals surface area contributed by atoms with E-state index in [0.29, 0.717) is 18.1 Å². The fourth-order valence-corrected chi connectivity index (χ4v) is 2.97. The van der Waals surface area contributed by atoms with Crippen molar-refractivity contribution in [3.63, 3.8) is 0 Å². The molecule has 0 fully saturated rings. The van der Waals surface area contributed by atoms with Gasteiger partial charge in [-0.05, 0) is 19.0 Å². The standard InChI is InChI=1S/C15H17BrClN5/c16-11-9-20-22-14(19-7-3-6-18)8-13(21-15(11)22)10-4-1-2-5-12(10)17/h1-2,4-5,8,20-21H,3,6-7,9,18H2. The Morgan fingerprint density at radius 3 is 2.95 bits per heavy atom. The van der Waals surface area contributed by atoms with Gasteiger partial charge < -0.3 is 11.1 Å². The minimum Gasteiger partial charge on any atom is -0.339 e. The zero-order valence-corrected chi connectivity index (χ0v) is 14.3. The van der Waals surface area contributed by atoms with Gasteiger partial charge in [-0.15, -0.1) is 0 Å². The smallest absolute Gasteiger partial charge is 0.146 e. The first-order valence-electron chi connectivity index (χ1n) is 7.11. The lowest BCUT2D eigenvalue weighted by atomic mass is 10.1. The molecule has 7 heteroatoms. The van der Waals surface area contributed by atoms with E-state index in [9.17, 15) is 0 Å². The van der Waals surface area contributed by atoms with Crippen LogP contribution in [0.4, 0.5) is 0 Å². The van der Waals surface area contributed by atoms with E-state index >= 15 is 0 Å². The van der Waals surface area contributed by atoms with Crippen molar-refractivity contribution in [1.29, 1.82) is 0 Å². The van der Waals surface area contributed by atoms with E-state index in [2.05, 4.69) is 31.7 Å². The van der Waals surface area contributed by atoms with Gasteiger partial charge >= 0.3 is 0 Å². The quantitative estimate of drug-likeness (QED) is 0.700. The number of hydrogen-bond donors (Lipinski definition) is 3. The van der Waals surface area contributed by atoms with Gasteiger partial charge in [0.15, 0.2) is 0 Å². The number of hydrogen-bond acceptors (Lipinski definition) is 4. The van der Waals surface area contributed by atoms with E-state index < -0.39 is 0 Å². The molecule has 2 aliphatic rings. The summed E-state index contributed by atoms with van der Waals surface area (Å²) in [6.45, 7) is 2.05. The van der Waals surface area contributed by atoms with E-state index in [1.54, 1.807) is 0 Å². The highest BCUT2D eigenvalue weighted by molar-refractivity contribution is 9.11. The zero-order valence-electron chi connectivity index (χ0n) is 11.9. The minimum absolute atomic E-state index is 0.635. The molecule has 4 N–H and O–H groups in total. The second-order valence-corrected chi connectivity index (χ2v) is 6.33. The average molecular weight is 383 g/mol. The number of amidine groups is 1. The maximum atomic E-state index is 6.32. The zero-order chi connectivity index (χ0) is 15.5. The van der Waals surface area contributed by atoms with Crippen LogP contribution in [-0.4, -0.2) is 30.5 Å². The van der Waals surface area contributed by atoms with Crippen molar-refractivity contribution in [2.75, 3.05) is 19.6 Å². The van der Waals surface area contributed by atoms with Crippen LogP contribution in [0.3, 0.4) is 0 Å². The molecule has 0 amide bonds. The highest BCUT2D eigenvalue weighted by Crippen LogP contribution is 2.29. The number of hydrazine groups is 1. The van der Waals surface area contributed by atoms with Crippen molar-refractivity contribution >= 4 is 39.1 Å². The van der Waals surface area contributed by atoms with Crippen LogP contribution in [0.1, 0.15) is 12.0 Å². The highest BCUT2D eigenvalue weighted by Gasteiger charge is 2.29. The molecule has 5 nitrogen and oxygen atoms in total. The minimum atomic E-state index is 0.635. The number of nitrogens with two attached hydrogens (primary N) is 1. The van der Waals surface area contributed by atoms with Crippen molar-refractivity contribution in [3.05, 3.63) is 51.2 Å². The van der Waals surface area contributed by atoms with Gasteiger partial charge in [0.1, 0.15) is 11.7 Å². The third-order valence-electron chi connectivity index (χ3n) is 3.43. The van der Waals surface area contributed by atoms with Gasteiger partial charge in [-0.2, -0.15) is 0 Å². The molecule has 0 atom stereocenters. The third-order valence-corrected chi connectivity index (χ3v) is 4.41. The van der Waals surface area contributed by atoms with Crippen LogP contribution in [0.15, 0.2) is 45.6 Å². The average Bonchev–Trinajstić information content (AvgIpc) is 2.90. The van der Waals surface area contributed by atoms with Crippen LogP contribution in [0.2, 0.25) is 5.02 Å². The van der Waals surface area contributed by atoms with Gasteiger partial charge in [-0.25, -0.2) is 10.4 Å². The summed E-state index contributed by atoms with van der Waals surface area (Å²) in [5.74, 6) is 1.80. The van der Waals surface area contributed by atoms with Crippen LogP contribution in [0, 0.1) is 0 Å². The van der Waals surface area contributed by atoms with E-state index in [1.165, 1.54) is 0 Å². The first-order valence-corrected chi connectivity index (χ1v) is 8.28. The molecular weight excluding hydrogens is 366 g/mol. The Morgan fingerprint density at radius 1 is 1.36 bits per heavy atom. The van der Waals surface area contributed by atoms with Crippen molar-refractivity contribution in [2.24, 2.45) is 10.7 Å². The lowest BCUT2D eigenvalue weighted by molar-refractivity contribution is 0.411. The van der Waals surface area contributed by atoms with E-state index in [1.807, 2.05) is 35.4 Å². The predicted molar refractivity (Wildman–Crippen MR) is 94.3 cm³/mol. The number of aliphatic imine (C=N–C) groups is 1. The second-order valence-electron chi connectivity index (χ2n) is 4.97. The fraction of sp³-hybridized carbons (Fsp3) is 0.267. The van der Waals surface area contributed by atoms with Crippen molar-refractivity contribution in [1.82, 2.24) is 15.8 Å². The van der Waals surface area contributed by atoms with Crippen molar-refractivity contribution in [3.8, 4) is 0 Å². The summed E-state index contributed by atoms with van der Waals surface area (Å²) in [7, 11) is 0. The molecule has 0 spiro atoms. The van der Waals surface area contributed by atoms with Crippen LogP contribution in [0.5, 0.6) is 0 Å². The lowest BCUT2D eigenvalue weighted by Gasteiger charge is -2.29. The number of nitrogens with one attached hydrogen (secondary N) is 2. The molecule has 2 heterocycles. The molecule has 0 radical (unpaired) electrons. The van der Waals surface area contributed by atoms with E-state index in [-0.39, 0.29) is 0 Å². The largest absolute Gasteiger partial charge is 0.339 e. The summed E-state index contributed by atoms with van der Waals surface area (Å²) in [6.07, 6.45) is 2.86. The van der Waals surface area contributed by atoms with Crippen molar-refractivity contribution < 1.29 is 0 Å². The summed E-state index contributed by atoms with van der Waals surface area (Å²) >= 11 is 9.90. The van der Waals surface area contributed by atoms with Gasteiger partial charge in [0.05, 0.1) is 16.7 Å². The Bertz CT molecular complexity index is 668. The Balaban J connectivity index is 1.99. The predicted octanol–water partition coefficient (Wildman–Crippen LogP) is 2.42. The summed E-state index contributed by atoms with van der Waals surface area (Å²) in [4.78, 5) is 4.64. The number of benzene rings is 1. The van der Waals surface area contributed by atoms with Gasteiger partial charge in [0.25, 0.3) is 0 Å². The number of halogens is 2. The molecule has 0 bridgehead atoms. The molecule has 116 valence electrons. The summed E-state index contributed by atoms with van der Waals surface area (Å²) in [5.41, 5.74) is 10.7. The number of rotatable bonds is 4. The topological polar surface area (TPSA) is 65.7 Å². The molecule has 2 aliphatic heterocycles. The monoisotopic (exact) mass is 381 g/mol. The third kappa shape index (κ3) is 3.05. The number of fused-ring (bicyclic) bond motifs is 1. The first-order chi connectivity index (χ1) is 10.7. The SMILES string of the molecule is NCCCN=C1C=C(c2ccccc2Cl)NC2=C(Br)CNN12. The molecule has 0 unspecified atom stereocenters. The van der Waals surface area contributed by atoms with Gasteiger partial charge in [0.2, 0.25) is 0 Å². The molecule has 22 heavy (non-hydrogen) atoms. The van der Waals surface area contributed by atoms with Gasteiger partial charge in [0, 0.05) is 23.2 Å². The van der Waals surface area contributed by atoms with E-state index in [4.69, 9.17) is 17.3 Å². The second kappa shape index (κ2) is 6.83. The Morgan fingerprint density at radius 2 is 2.18 bits per heavy atom. The molecule has 3 rings (SSSR count). The maximum Gasteiger partial charge on any atom is 0.146 e. The lowest BCUT2D eigenvalue weighted by Crippen LogP contribution is -2.44. The van der Waals surface area contributed by atoms with Crippen LogP contribution in [0.25, 0.3) is 5.70 Å². The molecule has 0 aromatic heterocycles. The maximum absolute atomic E-state index is 6.32. The highest BCUT2D eigenvalue weighted by atomic mass is 79.9. The van der Waals surface area contributed by atoms with Crippen LogP contribution < -0.4 is 16.5 Å². The Hall–Kier alpha value is -1.34. The van der Waals surface area contributed by atoms with Crippen LogP contribution >= 0.6 is 27.5 Å². The molecule has 1 aromatic rings. The molecule has 0 saturated carbocycles. The fourth-order valence-electron chi connectivity index (χ4n) is 2.34. The Kier molecular flexibility index (Phi) is 4.83. The molecule has 0 saturated heterocycles. The Labute approximate surface area is 143 Å². The summed E-state index contributed by atoms with van der Waals surface area (Å²) in [6, 6.07) is 7.76. The summed E-state index contributed by atoms with van der Waals surface area (Å²) in [5, 5.41) is 6.06. The first kappa shape index (κ1) is 15.6.